The molecule has 2 rings (SSSR count). The van der Waals surface area contributed by atoms with Crippen LogP contribution in [0, 0.1) is 0 Å². The minimum Gasteiger partial charge on any atom is -0.344 e. The standard InChI is InChI=1S/C13H10Cl3NO/c1-17-10(8-12(18)13(14,15)16)7-6-9-4-2-3-5-11(9)17/h2-8H,1H3/b10-8+. The van der Waals surface area contributed by atoms with Crippen molar-refractivity contribution in [2.45, 2.75) is 3.79 Å². The summed E-state index contributed by atoms with van der Waals surface area (Å²) in [4.78, 5) is 13.5. The molecular weight excluding hydrogens is 293 g/mol. The summed E-state index contributed by atoms with van der Waals surface area (Å²) in [6.07, 6.45) is 5.07. The monoisotopic (exact) mass is 301 g/mol. The molecule has 0 unspecified atom stereocenters. The third kappa shape index (κ3) is 2.72. The lowest BCUT2D eigenvalue weighted by Gasteiger charge is -2.26. The third-order valence-electron chi connectivity index (χ3n) is 2.68. The number of likely N-dealkylation sites (N-methyl/N-ethyl adjacent to an activating group) is 1. The number of rotatable bonds is 1. The molecule has 0 bridgehead atoms. The van der Waals surface area contributed by atoms with E-state index in [1.54, 1.807) is 0 Å². The van der Waals surface area contributed by atoms with Crippen molar-refractivity contribution < 1.29 is 4.79 Å². The van der Waals surface area contributed by atoms with Gasteiger partial charge in [-0.15, -0.1) is 0 Å². The molecule has 0 aromatic heterocycles. The fourth-order valence-corrected chi connectivity index (χ4v) is 1.88. The molecule has 0 N–H and O–H groups in total. The number of hydrogen-bond acceptors (Lipinski definition) is 2. The number of fused-ring (bicyclic) bond motifs is 1. The van der Waals surface area contributed by atoms with Gasteiger partial charge in [0.2, 0.25) is 5.78 Å². The van der Waals surface area contributed by atoms with Crippen LogP contribution in [0.2, 0.25) is 0 Å². The van der Waals surface area contributed by atoms with Gasteiger partial charge in [0.05, 0.1) is 0 Å². The van der Waals surface area contributed by atoms with E-state index < -0.39 is 9.58 Å². The van der Waals surface area contributed by atoms with E-state index in [1.165, 1.54) is 6.08 Å². The smallest absolute Gasteiger partial charge is 0.252 e. The second-order valence-corrected chi connectivity index (χ2v) is 6.16. The Bertz CT molecular complexity index is 543. The van der Waals surface area contributed by atoms with Gasteiger partial charge in [-0.1, -0.05) is 59.1 Å². The molecular formula is C13H10Cl3NO. The van der Waals surface area contributed by atoms with Crippen LogP contribution in [0.3, 0.4) is 0 Å². The molecule has 5 heteroatoms. The molecule has 1 aliphatic heterocycles. The molecule has 0 aliphatic carbocycles. The van der Waals surface area contributed by atoms with Crippen LogP contribution in [-0.4, -0.2) is 16.6 Å². The number of allylic oxidation sites excluding steroid dienone is 2. The molecule has 0 saturated heterocycles. The fourth-order valence-electron chi connectivity index (χ4n) is 1.72. The van der Waals surface area contributed by atoms with Crippen molar-refractivity contribution in [1.29, 1.82) is 0 Å². The number of halogens is 3. The summed E-state index contributed by atoms with van der Waals surface area (Å²) in [5, 5.41) is 0. The first kappa shape index (κ1) is 13.5. The number of carbonyl (C=O) groups excluding carboxylic acids is 1. The predicted molar refractivity (Wildman–Crippen MR) is 77.3 cm³/mol. The highest BCUT2D eigenvalue weighted by Gasteiger charge is 2.29. The van der Waals surface area contributed by atoms with Crippen LogP contribution in [0.25, 0.3) is 6.08 Å². The molecule has 0 radical (unpaired) electrons. The Balaban J connectivity index is 2.36. The maximum atomic E-state index is 11.7. The van der Waals surface area contributed by atoms with Crippen molar-refractivity contribution in [3.05, 3.63) is 47.7 Å². The first-order chi connectivity index (χ1) is 8.39. The highest BCUT2D eigenvalue weighted by molar-refractivity contribution is 6.77. The van der Waals surface area contributed by atoms with Gasteiger partial charge in [0.15, 0.2) is 0 Å². The van der Waals surface area contributed by atoms with E-state index in [0.29, 0.717) is 5.70 Å². The van der Waals surface area contributed by atoms with Crippen LogP contribution in [0.15, 0.2) is 42.1 Å². The van der Waals surface area contributed by atoms with E-state index in [9.17, 15) is 4.79 Å². The summed E-state index contributed by atoms with van der Waals surface area (Å²) in [5.41, 5.74) is 2.77. The number of nitrogens with zero attached hydrogens (tertiary/aromatic N) is 1. The summed E-state index contributed by atoms with van der Waals surface area (Å²) in [6.45, 7) is 0. The Morgan fingerprint density at radius 2 is 1.89 bits per heavy atom. The Morgan fingerprint density at radius 3 is 2.56 bits per heavy atom. The molecule has 1 aromatic carbocycles. The van der Waals surface area contributed by atoms with Gasteiger partial charge < -0.3 is 4.90 Å². The quantitative estimate of drug-likeness (QED) is 0.578. The maximum absolute atomic E-state index is 11.7. The Labute approximate surface area is 120 Å². The number of benzene rings is 1. The van der Waals surface area contributed by atoms with Gasteiger partial charge in [-0.3, -0.25) is 4.79 Å². The normalized spacial score (nSPS) is 16.9. The maximum Gasteiger partial charge on any atom is 0.252 e. The van der Waals surface area contributed by atoms with Gasteiger partial charge in [-0.05, 0) is 17.7 Å². The zero-order valence-electron chi connectivity index (χ0n) is 9.53. The van der Waals surface area contributed by atoms with Crippen molar-refractivity contribution in [3.63, 3.8) is 0 Å². The topological polar surface area (TPSA) is 20.3 Å². The van der Waals surface area contributed by atoms with Crippen LogP contribution >= 0.6 is 34.8 Å². The Kier molecular flexibility index (Phi) is 3.71. The molecule has 2 nitrogen and oxygen atoms in total. The average Bonchev–Trinajstić information content (AvgIpc) is 2.32. The number of anilines is 1. The molecule has 0 spiro atoms. The van der Waals surface area contributed by atoms with E-state index >= 15 is 0 Å². The highest BCUT2D eigenvalue weighted by Crippen LogP contribution is 2.32. The Hall–Kier alpha value is -0.960. The average molecular weight is 303 g/mol. The predicted octanol–water partition coefficient (Wildman–Crippen LogP) is 3.97. The van der Waals surface area contributed by atoms with Gasteiger partial charge in [-0.25, -0.2) is 0 Å². The van der Waals surface area contributed by atoms with Gasteiger partial charge in [0, 0.05) is 24.5 Å². The number of para-hydroxylation sites is 1. The van der Waals surface area contributed by atoms with Crippen molar-refractivity contribution in [1.82, 2.24) is 0 Å². The summed E-state index contributed by atoms with van der Waals surface area (Å²) < 4.78 is -1.92. The lowest BCUT2D eigenvalue weighted by atomic mass is 10.1. The fraction of sp³-hybridized carbons (Fsp3) is 0.154. The second kappa shape index (κ2) is 4.96. The van der Waals surface area contributed by atoms with Gasteiger partial charge in [-0.2, -0.15) is 0 Å². The van der Waals surface area contributed by atoms with Crippen molar-refractivity contribution >= 4 is 52.3 Å². The number of carbonyl (C=O) groups is 1. The van der Waals surface area contributed by atoms with Crippen molar-refractivity contribution in [2.24, 2.45) is 0 Å². The second-order valence-electron chi connectivity index (χ2n) is 3.88. The first-order valence-corrected chi connectivity index (χ1v) is 6.36. The van der Waals surface area contributed by atoms with E-state index in [-0.39, 0.29) is 0 Å². The number of hydrogen-bond donors (Lipinski definition) is 0. The summed E-state index contributed by atoms with van der Waals surface area (Å²) in [7, 11) is 1.86. The van der Waals surface area contributed by atoms with Gasteiger partial charge in [0.1, 0.15) is 0 Å². The third-order valence-corrected chi connectivity index (χ3v) is 3.24. The van der Waals surface area contributed by atoms with E-state index in [4.69, 9.17) is 34.8 Å². The van der Waals surface area contributed by atoms with Crippen LogP contribution in [0.1, 0.15) is 5.56 Å². The van der Waals surface area contributed by atoms with E-state index in [1.807, 2.05) is 48.4 Å². The molecule has 94 valence electrons. The number of ketones is 1. The molecule has 18 heavy (non-hydrogen) atoms. The zero-order chi connectivity index (χ0) is 13.3. The molecule has 1 aromatic rings. The summed E-state index contributed by atoms with van der Waals surface area (Å²) in [5.74, 6) is -0.557. The minimum atomic E-state index is -1.92. The van der Waals surface area contributed by atoms with E-state index in [0.717, 1.165) is 11.3 Å². The number of alkyl halides is 3. The van der Waals surface area contributed by atoms with E-state index in [2.05, 4.69) is 0 Å². The highest BCUT2D eigenvalue weighted by atomic mass is 35.6. The largest absolute Gasteiger partial charge is 0.344 e. The minimum absolute atomic E-state index is 0.557. The van der Waals surface area contributed by atoms with Crippen LogP contribution < -0.4 is 4.90 Å². The lowest BCUT2D eigenvalue weighted by molar-refractivity contribution is -0.113. The Morgan fingerprint density at radius 1 is 1.22 bits per heavy atom. The van der Waals surface area contributed by atoms with Crippen LogP contribution in [-0.2, 0) is 4.79 Å². The molecule has 0 fully saturated rings. The first-order valence-electron chi connectivity index (χ1n) is 5.23. The van der Waals surface area contributed by atoms with Gasteiger partial charge >= 0.3 is 0 Å². The molecule has 1 heterocycles. The summed E-state index contributed by atoms with van der Waals surface area (Å²) in [6, 6.07) is 7.85. The van der Waals surface area contributed by atoms with Gasteiger partial charge in [0.25, 0.3) is 3.79 Å². The van der Waals surface area contributed by atoms with Crippen molar-refractivity contribution in [3.8, 4) is 0 Å². The molecule has 0 saturated carbocycles. The van der Waals surface area contributed by atoms with Crippen LogP contribution in [0.5, 0.6) is 0 Å². The molecule has 1 aliphatic rings. The molecule has 0 atom stereocenters. The SMILES string of the molecule is CN1/C(=C/C(=O)C(Cl)(Cl)Cl)C=Cc2ccccc21. The molecule has 0 amide bonds. The van der Waals surface area contributed by atoms with Crippen molar-refractivity contribution in [2.75, 3.05) is 11.9 Å². The zero-order valence-corrected chi connectivity index (χ0v) is 11.8. The lowest BCUT2D eigenvalue weighted by Crippen LogP contribution is -2.23. The van der Waals surface area contributed by atoms with Crippen LogP contribution in [0.4, 0.5) is 5.69 Å². The summed E-state index contributed by atoms with van der Waals surface area (Å²) >= 11 is 16.6.